The van der Waals surface area contributed by atoms with Crippen molar-refractivity contribution in [3.63, 3.8) is 0 Å². The van der Waals surface area contributed by atoms with Gasteiger partial charge in [0.15, 0.2) is 12.4 Å². The molecule has 0 spiro atoms. The van der Waals surface area contributed by atoms with Crippen molar-refractivity contribution in [1.82, 2.24) is 0 Å². The van der Waals surface area contributed by atoms with Gasteiger partial charge in [-0.1, -0.05) is 30.3 Å². The third-order valence-corrected chi connectivity index (χ3v) is 4.73. The minimum atomic E-state index is -0.509. The van der Waals surface area contributed by atoms with Crippen molar-refractivity contribution in [2.75, 3.05) is 19.0 Å². The molecule has 2 aromatic carbocycles. The molecule has 1 aromatic heterocycles. The molecule has 0 bridgehead atoms. The molecular formula is C21H17NO5S. The van der Waals surface area contributed by atoms with Crippen molar-refractivity contribution in [1.29, 1.82) is 0 Å². The minimum absolute atomic E-state index is 0.0855. The van der Waals surface area contributed by atoms with Crippen LogP contribution in [0, 0.1) is 0 Å². The number of ketones is 1. The van der Waals surface area contributed by atoms with Crippen molar-refractivity contribution in [3.8, 4) is 5.75 Å². The smallest absolute Gasteiger partial charge is 0.350 e. The summed E-state index contributed by atoms with van der Waals surface area (Å²) in [6.07, 6.45) is 0. The molecule has 0 aliphatic rings. The number of thiophene rings is 1. The highest BCUT2D eigenvalue weighted by molar-refractivity contribution is 7.12. The van der Waals surface area contributed by atoms with E-state index >= 15 is 0 Å². The number of rotatable bonds is 7. The second kappa shape index (κ2) is 8.96. The number of amides is 1. The van der Waals surface area contributed by atoms with Crippen LogP contribution in [0.15, 0.2) is 66.0 Å². The summed E-state index contributed by atoms with van der Waals surface area (Å²) in [5.41, 5.74) is 1.52. The number of hydrogen-bond donors (Lipinski definition) is 1. The molecule has 1 amide bonds. The number of nitrogens with one attached hydrogen (secondary N) is 1. The molecule has 1 N–H and O–H groups in total. The van der Waals surface area contributed by atoms with Gasteiger partial charge in [-0.2, -0.15) is 0 Å². The second-order valence-corrected chi connectivity index (χ2v) is 6.63. The van der Waals surface area contributed by atoms with Crippen LogP contribution in [-0.4, -0.2) is 31.4 Å². The second-order valence-electron chi connectivity index (χ2n) is 5.71. The Morgan fingerprint density at radius 1 is 0.929 bits per heavy atom. The normalized spacial score (nSPS) is 10.2. The molecule has 3 aromatic rings. The molecule has 7 heteroatoms. The fourth-order valence-electron chi connectivity index (χ4n) is 2.45. The van der Waals surface area contributed by atoms with Gasteiger partial charge in [-0.25, -0.2) is 4.79 Å². The number of anilines is 1. The Balaban J connectivity index is 1.56. The molecule has 0 aliphatic heterocycles. The third kappa shape index (κ3) is 4.63. The van der Waals surface area contributed by atoms with E-state index in [1.165, 1.54) is 18.4 Å². The van der Waals surface area contributed by atoms with Crippen molar-refractivity contribution < 1.29 is 23.9 Å². The Hall–Kier alpha value is -3.45. The van der Waals surface area contributed by atoms with Gasteiger partial charge in [0.05, 0.1) is 12.8 Å². The van der Waals surface area contributed by atoms with Crippen molar-refractivity contribution in [2.24, 2.45) is 0 Å². The molecule has 0 saturated heterocycles. The van der Waals surface area contributed by atoms with Crippen LogP contribution in [0.2, 0.25) is 0 Å². The van der Waals surface area contributed by atoms with E-state index in [0.29, 0.717) is 27.4 Å². The lowest BCUT2D eigenvalue weighted by Crippen LogP contribution is -2.21. The summed E-state index contributed by atoms with van der Waals surface area (Å²) in [5.74, 6) is -0.547. The number of hydrogen-bond acceptors (Lipinski definition) is 6. The Kier molecular flexibility index (Phi) is 6.18. The summed E-state index contributed by atoms with van der Waals surface area (Å²) in [6, 6.07) is 17.2. The van der Waals surface area contributed by atoms with Gasteiger partial charge >= 0.3 is 5.97 Å². The van der Waals surface area contributed by atoms with Gasteiger partial charge in [0.1, 0.15) is 10.6 Å². The SMILES string of the molecule is COC(=O)c1sccc1NC(=O)COc1ccc(C(=O)c2ccccc2)cc1. The van der Waals surface area contributed by atoms with E-state index in [2.05, 4.69) is 10.1 Å². The molecule has 0 fully saturated rings. The lowest BCUT2D eigenvalue weighted by molar-refractivity contribution is -0.118. The van der Waals surface area contributed by atoms with Crippen LogP contribution in [0.1, 0.15) is 25.6 Å². The number of methoxy groups -OCH3 is 1. The zero-order valence-electron chi connectivity index (χ0n) is 15.0. The zero-order chi connectivity index (χ0) is 19.9. The number of benzene rings is 2. The Morgan fingerprint density at radius 2 is 1.61 bits per heavy atom. The first-order valence-corrected chi connectivity index (χ1v) is 9.24. The van der Waals surface area contributed by atoms with Crippen LogP contribution in [0.3, 0.4) is 0 Å². The minimum Gasteiger partial charge on any atom is -0.484 e. The molecule has 0 unspecified atom stereocenters. The largest absolute Gasteiger partial charge is 0.484 e. The van der Waals surface area contributed by atoms with Gasteiger partial charge in [0.2, 0.25) is 0 Å². The zero-order valence-corrected chi connectivity index (χ0v) is 15.8. The van der Waals surface area contributed by atoms with Gasteiger partial charge in [-0.3, -0.25) is 9.59 Å². The maximum atomic E-state index is 12.4. The Labute approximate surface area is 165 Å². The summed E-state index contributed by atoms with van der Waals surface area (Å²) in [4.78, 5) is 36.4. The average Bonchev–Trinajstić information content (AvgIpc) is 3.20. The first kappa shape index (κ1) is 19.3. The molecule has 0 radical (unpaired) electrons. The number of carbonyl (C=O) groups is 3. The fourth-order valence-corrected chi connectivity index (χ4v) is 3.22. The van der Waals surface area contributed by atoms with E-state index < -0.39 is 11.9 Å². The molecule has 0 saturated carbocycles. The number of esters is 1. The van der Waals surface area contributed by atoms with Crippen LogP contribution in [0.25, 0.3) is 0 Å². The highest BCUT2D eigenvalue weighted by Gasteiger charge is 2.16. The van der Waals surface area contributed by atoms with Gasteiger partial charge in [-0.15, -0.1) is 11.3 Å². The predicted molar refractivity (Wildman–Crippen MR) is 106 cm³/mol. The van der Waals surface area contributed by atoms with Gasteiger partial charge < -0.3 is 14.8 Å². The number of carbonyl (C=O) groups excluding carboxylic acids is 3. The topological polar surface area (TPSA) is 81.7 Å². The van der Waals surface area contributed by atoms with Crippen molar-refractivity contribution >= 4 is 34.7 Å². The first-order chi connectivity index (χ1) is 13.6. The van der Waals surface area contributed by atoms with Crippen LogP contribution >= 0.6 is 11.3 Å². The lowest BCUT2D eigenvalue weighted by atomic mass is 10.0. The van der Waals surface area contributed by atoms with E-state index in [1.807, 2.05) is 18.2 Å². The summed E-state index contributed by atoms with van der Waals surface area (Å²) < 4.78 is 10.1. The van der Waals surface area contributed by atoms with Crippen molar-refractivity contribution in [3.05, 3.63) is 82.0 Å². The lowest BCUT2D eigenvalue weighted by Gasteiger charge is -2.08. The summed E-state index contributed by atoms with van der Waals surface area (Å²) in [7, 11) is 1.28. The standard InChI is InChI=1S/C21H17NO5S/c1-26-21(25)20-17(11-12-28-20)22-18(23)13-27-16-9-7-15(8-10-16)19(24)14-5-3-2-4-6-14/h2-12H,13H2,1H3,(H,22,23). The molecular weight excluding hydrogens is 378 g/mol. The average molecular weight is 395 g/mol. The predicted octanol–water partition coefficient (Wildman–Crippen LogP) is 3.78. The van der Waals surface area contributed by atoms with Crippen LogP contribution in [0.4, 0.5) is 5.69 Å². The van der Waals surface area contributed by atoms with Crippen molar-refractivity contribution in [2.45, 2.75) is 0 Å². The summed E-state index contributed by atoms with van der Waals surface area (Å²) in [5, 5.41) is 4.30. The van der Waals surface area contributed by atoms with Gasteiger partial charge in [-0.05, 0) is 35.7 Å². The summed E-state index contributed by atoms with van der Waals surface area (Å²) >= 11 is 1.18. The Morgan fingerprint density at radius 3 is 2.29 bits per heavy atom. The van der Waals surface area contributed by atoms with E-state index in [1.54, 1.807) is 47.8 Å². The van der Waals surface area contributed by atoms with Crippen LogP contribution in [-0.2, 0) is 9.53 Å². The molecule has 6 nitrogen and oxygen atoms in total. The van der Waals surface area contributed by atoms with Gasteiger partial charge in [0, 0.05) is 11.1 Å². The monoisotopic (exact) mass is 395 g/mol. The van der Waals surface area contributed by atoms with Gasteiger partial charge in [0.25, 0.3) is 5.91 Å². The van der Waals surface area contributed by atoms with Crippen LogP contribution in [0.5, 0.6) is 5.75 Å². The molecule has 142 valence electrons. The molecule has 0 aliphatic carbocycles. The summed E-state index contributed by atoms with van der Waals surface area (Å²) in [6.45, 7) is -0.234. The molecule has 28 heavy (non-hydrogen) atoms. The number of ether oxygens (including phenoxy) is 2. The van der Waals surface area contributed by atoms with E-state index in [-0.39, 0.29) is 12.4 Å². The van der Waals surface area contributed by atoms with E-state index in [9.17, 15) is 14.4 Å². The highest BCUT2D eigenvalue weighted by Crippen LogP contribution is 2.23. The molecule has 3 rings (SSSR count). The molecule has 1 heterocycles. The fraction of sp³-hybridized carbons (Fsp3) is 0.0952. The van der Waals surface area contributed by atoms with E-state index in [0.717, 1.165) is 0 Å². The maximum Gasteiger partial charge on any atom is 0.350 e. The maximum absolute atomic E-state index is 12.4. The highest BCUT2D eigenvalue weighted by atomic mass is 32.1. The van der Waals surface area contributed by atoms with E-state index in [4.69, 9.17) is 4.74 Å². The third-order valence-electron chi connectivity index (χ3n) is 3.83. The molecule has 0 atom stereocenters. The van der Waals surface area contributed by atoms with Crippen LogP contribution < -0.4 is 10.1 Å². The quantitative estimate of drug-likeness (QED) is 0.486. The first-order valence-electron chi connectivity index (χ1n) is 8.36. The Bertz CT molecular complexity index is 980.